The maximum absolute atomic E-state index is 13.5. The van der Waals surface area contributed by atoms with Gasteiger partial charge in [0.25, 0.3) is 0 Å². The summed E-state index contributed by atoms with van der Waals surface area (Å²) in [4.78, 5) is 15.4. The van der Waals surface area contributed by atoms with Gasteiger partial charge in [0.15, 0.2) is 0 Å². The number of benzene rings is 1. The van der Waals surface area contributed by atoms with Gasteiger partial charge in [0.1, 0.15) is 5.82 Å². The summed E-state index contributed by atoms with van der Waals surface area (Å²) < 4.78 is 13.5. The van der Waals surface area contributed by atoms with Crippen LogP contribution in [0.5, 0.6) is 0 Å². The Bertz CT molecular complexity index is 1040. The van der Waals surface area contributed by atoms with E-state index < -0.39 is 0 Å². The molecule has 2 aliphatic heterocycles. The molecule has 5 rings (SSSR count). The molecule has 188 valence electrons. The van der Waals surface area contributed by atoms with Gasteiger partial charge < -0.3 is 15.6 Å². The fraction of sp³-hybridized carbons (Fsp3) is 0.552. The first kappa shape index (κ1) is 24.1. The lowest BCUT2D eigenvalue weighted by atomic mass is 9.78. The lowest BCUT2D eigenvalue weighted by molar-refractivity contribution is -0.137. The predicted octanol–water partition coefficient (Wildman–Crippen LogP) is 5.29. The summed E-state index contributed by atoms with van der Waals surface area (Å²) in [6.45, 7) is 6.45. The first-order chi connectivity index (χ1) is 17.0. The van der Waals surface area contributed by atoms with Crippen molar-refractivity contribution in [2.24, 2.45) is 17.8 Å². The van der Waals surface area contributed by atoms with Crippen molar-refractivity contribution >= 4 is 11.6 Å². The van der Waals surface area contributed by atoms with Crippen LogP contribution in [-0.2, 0) is 4.79 Å². The molecule has 6 heteroatoms. The Morgan fingerprint density at radius 1 is 1.20 bits per heavy atom. The van der Waals surface area contributed by atoms with Crippen LogP contribution >= 0.6 is 0 Å². The number of fused-ring (bicyclic) bond motifs is 1. The first-order valence-electron chi connectivity index (χ1n) is 13.4. The van der Waals surface area contributed by atoms with Crippen LogP contribution in [0.4, 0.5) is 10.1 Å². The fourth-order valence-electron chi connectivity index (χ4n) is 6.63. The van der Waals surface area contributed by atoms with Crippen molar-refractivity contribution in [2.75, 3.05) is 25.1 Å². The number of carbonyl (C=O) groups excluding carboxylic acids is 1. The van der Waals surface area contributed by atoms with Crippen LogP contribution in [0.3, 0.4) is 0 Å². The summed E-state index contributed by atoms with van der Waals surface area (Å²) in [5, 5.41) is 5.44. The number of nitrogens with one attached hydrogen (secondary N) is 2. The minimum atomic E-state index is -0.221. The number of hydrogen-bond acceptors (Lipinski definition) is 4. The highest BCUT2D eigenvalue weighted by atomic mass is 19.1. The molecule has 1 saturated heterocycles. The predicted molar refractivity (Wildman–Crippen MR) is 139 cm³/mol. The molecule has 1 unspecified atom stereocenters. The van der Waals surface area contributed by atoms with Crippen LogP contribution in [0.15, 0.2) is 59.0 Å². The number of rotatable bonds is 7. The zero-order chi connectivity index (χ0) is 24.5. The Morgan fingerprint density at radius 3 is 2.66 bits per heavy atom. The van der Waals surface area contributed by atoms with Crippen molar-refractivity contribution in [3.05, 3.63) is 64.8 Å². The van der Waals surface area contributed by atoms with Crippen molar-refractivity contribution < 1.29 is 9.18 Å². The van der Waals surface area contributed by atoms with E-state index in [1.54, 1.807) is 5.57 Å². The highest BCUT2D eigenvalue weighted by Gasteiger charge is 2.39. The van der Waals surface area contributed by atoms with E-state index in [4.69, 9.17) is 0 Å². The molecule has 0 aromatic heterocycles. The van der Waals surface area contributed by atoms with Gasteiger partial charge in [-0.05, 0) is 93.4 Å². The van der Waals surface area contributed by atoms with Crippen molar-refractivity contribution in [3.63, 3.8) is 0 Å². The lowest BCUT2D eigenvalue weighted by Gasteiger charge is -2.36. The molecule has 1 aromatic rings. The average Bonchev–Trinajstić information content (AvgIpc) is 3.49. The Kier molecular flexibility index (Phi) is 7.01. The van der Waals surface area contributed by atoms with E-state index in [1.807, 2.05) is 19.2 Å². The van der Waals surface area contributed by atoms with Crippen molar-refractivity contribution in [1.29, 1.82) is 0 Å². The van der Waals surface area contributed by atoms with Gasteiger partial charge in [-0.2, -0.15) is 0 Å². The Morgan fingerprint density at radius 2 is 1.94 bits per heavy atom. The van der Waals surface area contributed by atoms with Crippen molar-refractivity contribution in [2.45, 2.75) is 64.8 Å². The van der Waals surface area contributed by atoms with Crippen LogP contribution < -0.4 is 15.8 Å². The van der Waals surface area contributed by atoms with Gasteiger partial charge in [-0.25, -0.2) is 4.39 Å². The molecular weight excluding hydrogens is 439 g/mol. The molecule has 0 spiro atoms. The molecule has 4 aliphatic rings. The van der Waals surface area contributed by atoms with E-state index in [0.717, 1.165) is 63.7 Å². The summed E-state index contributed by atoms with van der Waals surface area (Å²) in [5.74, 6) is 1.14. The van der Waals surface area contributed by atoms with E-state index in [-0.39, 0.29) is 11.7 Å². The van der Waals surface area contributed by atoms with Crippen molar-refractivity contribution in [1.82, 2.24) is 15.6 Å². The second kappa shape index (κ2) is 10.2. The number of hydrogen-bond donors (Lipinski definition) is 2. The van der Waals surface area contributed by atoms with Gasteiger partial charge >= 0.3 is 0 Å². The number of allylic oxidation sites excluding steroid dienone is 4. The van der Waals surface area contributed by atoms with Gasteiger partial charge in [0.05, 0.1) is 11.4 Å². The maximum atomic E-state index is 13.5. The van der Waals surface area contributed by atoms with Gasteiger partial charge in [-0.15, -0.1) is 0 Å². The van der Waals surface area contributed by atoms with Crippen LogP contribution in [0, 0.1) is 23.6 Å². The monoisotopic (exact) mass is 478 g/mol. The summed E-state index contributed by atoms with van der Waals surface area (Å²) >= 11 is 0. The zero-order valence-corrected chi connectivity index (χ0v) is 21.3. The quantitative estimate of drug-likeness (QED) is 0.559. The molecule has 2 N–H and O–H groups in total. The van der Waals surface area contributed by atoms with Crippen LogP contribution in [0.25, 0.3) is 0 Å². The molecule has 2 aliphatic carbocycles. The highest BCUT2D eigenvalue weighted by molar-refractivity contribution is 5.79. The zero-order valence-electron chi connectivity index (χ0n) is 21.3. The SMILES string of the molecule is CCCC(C[C@H]1CCC2=C1[C@@H](C)C1=CNN(c3ccc(F)cc3)C1=C2)N(C)C(=O)C1CCNCC1. The summed E-state index contributed by atoms with van der Waals surface area (Å²) in [7, 11) is 2.04. The lowest BCUT2D eigenvalue weighted by Crippen LogP contribution is -2.44. The van der Waals surface area contributed by atoms with Crippen LogP contribution in [0.1, 0.15) is 58.8 Å². The number of amides is 1. The molecule has 1 fully saturated rings. The number of nitrogens with zero attached hydrogens (tertiary/aromatic N) is 2. The minimum Gasteiger partial charge on any atom is -0.343 e. The molecule has 0 bridgehead atoms. The molecule has 35 heavy (non-hydrogen) atoms. The summed E-state index contributed by atoms with van der Waals surface area (Å²) in [5.41, 5.74) is 9.82. The molecule has 5 nitrogen and oxygen atoms in total. The second-order valence-corrected chi connectivity index (χ2v) is 10.7. The summed E-state index contributed by atoms with van der Waals surface area (Å²) in [6.07, 6.45) is 11.8. The number of hydrazine groups is 1. The first-order valence-corrected chi connectivity index (χ1v) is 13.4. The third-order valence-electron chi connectivity index (χ3n) is 8.55. The van der Waals surface area contributed by atoms with Crippen LogP contribution in [0.2, 0.25) is 0 Å². The third-order valence-corrected chi connectivity index (χ3v) is 8.55. The molecule has 1 aromatic carbocycles. The fourth-order valence-corrected chi connectivity index (χ4v) is 6.63. The average molecular weight is 479 g/mol. The van der Waals surface area contributed by atoms with E-state index in [9.17, 15) is 9.18 Å². The van der Waals surface area contributed by atoms with Crippen molar-refractivity contribution in [3.8, 4) is 0 Å². The van der Waals surface area contributed by atoms with Gasteiger partial charge in [-0.3, -0.25) is 9.80 Å². The maximum Gasteiger partial charge on any atom is 0.225 e. The Hall–Kier alpha value is -2.60. The molecule has 3 atom stereocenters. The van der Waals surface area contributed by atoms with E-state index in [1.165, 1.54) is 29.0 Å². The Labute approximate surface area is 209 Å². The molecule has 2 heterocycles. The second-order valence-electron chi connectivity index (χ2n) is 10.7. The van der Waals surface area contributed by atoms with Crippen LogP contribution in [-0.4, -0.2) is 37.0 Å². The molecule has 0 radical (unpaired) electrons. The van der Waals surface area contributed by atoms with E-state index in [0.29, 0.717) is 23.8 Å². The largest absolute Gasteiger partial charge is 0.343 e. The Balaban J connectivity index is 1.34. The minimum absolute atomic E-state index is 0.171. The van der Waals surface area contributed by atoms with Gasteiger partial charge in [0.2, 0.25) is 5.91 Å². The smallest absolute Gasteiger partial charge is 0.225 e. The molecule has 0 saturated carbocycles. The molecule has 1 amide bonds. The topological polar surface area (TPSA) is 47.6 Å². The van der Waals surface area contributed by atoms with E-state index in [2.05, 4.69) is 46.8 Å². The number of piperidine rings is 1. The normalized spacial score (nSPS) is 25.0. The number of halogens is 1. The van der Waals surface area contributed by atoms with Gasteiger partial charge in [-0.1, -0.05) is 25.8 Å². The van der Waals surface area contributed by atoms with Gasteiger partial charge in [0, 0.05) is 36.7 Å². The summed E-state index contributed by atoms with van der Waals surface area (Å²) in [6, 6.07) is 6.94. The van der Waals surface area contributed by atoms with E-state index >= 15 is 0 Å². The highest BCUT2D eigenvalue weighted by Crippen LogP contribution is 2.49. The standard InChI is InChI=1S/C29H39FN4O/c1-4-5-25(33(3)29(35)20-12-14-31-15-13-20)16-21-6-7-22-17-27-26(19(2)28(21)22)18-32-34(27)24-10-8-23(30)9-11-24/h8-11,17-21,25,31-32H,4-7,12-16H2,1-3H3/t19-,21+,25?/m0/s1. The number of carbonyl (C=O) groups is 1. The molecular formula is C29H39FN4O. The third kappa shape index (κ3) is 4.65. The number of anilines is 1.